The summed E-state index contributed by atoms with van der Waals surface area (Å²) in [5.41, 5.74) is 2.37. The Hall–Kier alpha value is -7.68. The number of aromatic amines is 4. The van der Waals surface area contributed by atoms with Crippen molar-refractivity contribution < 1.29 is 158 Å². The number of aryl methyl sites for hydroxylation is 8. The van der Waals surface area contributed by atoms with E-state index in [1.165, 1.54) is 27.0 Å². The van der Waals surface area contributed by atoms with Crippen molar-refractivity contribution >= 4 is 80.2 Å². The Bertz CT molecular complexity index is 6550. The minimum Gasteiger partial charge on any atom is -0.403 e. The highest BCUT2D eigenvalue weighted by atomic mass is 32.1. The molecule has 12 N–H and O–H groups in total. The quantitative estimate of drug-likeness (QED) is 0.0244. The van der Waals surface area contributed by atoms with E-state index in [0.29, 0.717) is 80.6 Å². The second-order valence-electron chi connectivity index (χ2n) is 28.7. The molecule has 4 aromatic heterocycles. The molecule has 124 heavy (non-hydrogen) atoms. The van der Waals surface area contributed by atoms with Crippen molar-refractivity contribution in [2.24, 2.45) is 0 Å². The van der Waals surface area contributed by atoms with E-state index in [4.69, 9.17) is 130 Å². The van der Waals surface area contributed by atoms with Crippen molar-refractivity contribution in [3.63, 3.8) is 0 Å². The average Bonchev–Trinajstić information content (AvgIpc) is 1.55. The fourth-order valence-corrected chi connectivity index (χ4v) is 18.2. The molecule has 0 aliphatic carbocycles. The van der Waals surface area contributed by atoms with Gasteiger partial charge in [0, 0.05) is 69.3 Å². The number of para-hydroxylation sites is 4. The highest BCUT2D eigenvalue weighted by Crippen LogP contribution is 2.61. The summed E-state index contributed by atoms with van der Waals surface area (Å²) in [7, 11) is -18.1. The number of fused-ring (bicyclic) bond motifs is 4. The molecule has 4 aromatic carbocycles. The van der Waals surface area contributed by atoms with Gasteiger partial charge >= 0.3 is 54.0 Å². The molecule has 52 heteroatoms. The van der Waals surface area contributed by atoms with E-state index >= 15 is 17.6 Å². The molecule has 0 spiro atoms. The third-order valence-corrected chi connectivity index (χ3v) is 26.2. The topological polar surface area (TPSA) is 529 Å². The van der Waals surface area contributed by atoms with Crippen LogP contribution in [0.15, 0.2) is 117 Å². The number of nitrogens with one attached hydrogen (secondary N) is 4. The van der Waals surface area contributed by atoms with Crippen molar-refractivity contribution in [2.45, 2.75) is 179 Å². The molecule has 8 aliphatic rings. The van der Waals surface area contributed by atoms with Gasteiger partial charge in [-0.3, -0.25) is 74.4 Å². The summed E-state index contributed by atoms with van der Waals surface area (Å²) >= 11 is 19.7. The SMILES string of the molecule is Cc1cccc2c1OP(=O)(OC[C@@]1(F)O[C@@H](n3cc(C)c(=S)[nH]c3=O)[C@H](O)[C@@H]1O)OC2.[2H]C([2H])(OP1(=O)OCc2cccc(C)c2O1)[C@@]1(F)O[C@@H](n2cc(C)c(=S)[nH]c2=O)[C@H](O)[C@@H]1O.[2H]C([2H])(OP1(=O)OCc2cccc(C)c2O1)[C@@]1(F)O[C@@]([2H])(n2cc(C)c(=S)[nH]c2=O)[C@H](O)[C@@H]1O.[2H][C@@]1(n2cc(C)c(=S)[nH]c2=O)O[C@](F)(COP2(=O)OCc3cccc(C)c3O2)[C@@H](O)[C@H]1O. The molecule has 0 bridgehead atoms. The number of nitrogens with zero attached hydrogens (tertiary/aromatic N) is 4. The monoisotopic (exact) mass is 1900 g/mol. The summed E-state index contributed by atoms with van der Waals surface area (Å²) in [6.45, 7) is 2.27. The number of hydrogen-bond acceptors (Lipinski definition) is 36. The highest BCUT2D eigenvalue weighted by molar-refractivity contribution is 7.72. The molecule has 40 nitrogen and oxygen atoms in total. The van der Waals surface area contributed by atoms with Gasteiger partial charge in [-0.15, -0.1) is 0 Å². The number of aliphatic hydroxyl groups is 8. The lowest BCUT2D eigenvalue weighted by molar-refractivity contribution is -0.205. The Kier molecular flexibility index (Phi) is 25.0. The summed E-state index contributed by atoms with van der Waals surface area (Å²) in [6.07, 6.45) is -23.2. The Balaban J connectivity index is 0.000000148. The number of aromatic nitrogens is 8. The van der Waals surface area contributed by atoms with Crippen LogP contribution in [0.1, 0.15) is 99.8 Å². The second kappa shape index (κ2) is 36.1. The van der Waals surface area contributed by atoms with Gasteiger partial charge in [0.25, 0.3) is 23.4 Å². The predicted molar refractivity (Wildman–Crippen MR) is 427 cm³/mol. The van der Waals surface area contributed by atoms with E-state index in [-0.39, 0.29) is 67.8 Å². The molecular weight excluding hydrogens is 1820 g/mol. The zero-order valence-electron chi connectivity index (χ0n) is 71.4. The van der Waals surface area contributed by atoms with E-state index in [1.54, 1.807) is 107 Å². The molecule has 4 fully saturated rings. The van der Waals surface area contributed by atoms with Crippen LogP contribution in [0.2, 0.25) is 0 Å². The summed E-state index contributed by atoms with van der Waals surface area (Å²) in [6, 6.07) is 20.3. The first-order valence-electron chi connectivity index (χ1n) is 39.4. The molecule has 8 aromatic rings. The van der Waals surface area contributed by atoms with Crippen molar-refractivity contribution in [1.82, 2.24) is 38.2 Å². The smallest absolute Gasteiger partial charge is 0.403 e. The number of ether oxygens (including phenoxy) is 4. The largest absolute Gasteiger partial charge is 0.530 e. The molecular formula is C72H80F4N8O32P4S4. The highest BCUT2D eigenvalue weighted by Gasteiger charge is 2.62. The minimum absolute atomic E-state index is 0.00308. The lowest BCUT2D eigenvalue weighted by Gasteiger charge is -2.29. The third-order valence-electron chi connectivity index (χ3n) is 19.6. The van der Waals surface area contributed by atoms with Crippen LogP contribution in [0.4, 0.5) is 17.6 Å². The first-order chi connectivity index (χ1) is 60.3. The number of aliphatic hydroxyl groups excluding tert-OH is 8. The number of phosphoric ester groups is 4. The van der Waals surface area contributed by atoms with Crippen molar-refractivity contribution in [3.05, 3.63) is 225 Å². The zero-order chi connectivity index (χ0) is 95.6. The molecule has 4 unspecified atom stereocenters. The molecule has 0 radical (unpaired) electrons. The number of halogens is 4. The lowest BCUT2D eigenvalue weighted by Crippen LogP contribution is -2.43. The van der Waals surface area contributed by atoms with Gasteiger partial charge in [0.1, 0.15) is 117 Å². The van der Waals surface area contributed by atoms with Crippen LogP contribution < -0.4 is 40.9 Å². The van der Waals surface area contributed by atoms with Crippen molar-refractivity contribution in [2.75, 3.05) is 26.3 Å². The number of hydrogen-bond donors (Lipinski definition) is 12. The third kappa shape index (κ3) is 19.2. The fraction of sp³-hybridized carbons (Fsp3) is 0.444. The Morgan fingerprint density at radius 1 is 0.387 bits per heavy atom. The van der Waals surface area contributed by atoms with Gasteiger partial charge < -0.3 is 77.9 Å². The molecule has 4 saturated heterocycles. The maximum atomic E-state index is 15.9. The maximum absolute atomic E-state index is 15.9. The zero-order valence-corrected chi connectivity index (χ0v) is 72.2. The standard InChI is InChI=1S/4C18H20FN2O8PS/c4*1-9-4-3-5-11-7-26-30(25,29-13(9)11)27-8-18(19)14(23)12(22)16(28-18)21-6-10(2)15(31)20-17(21)24/h4*3-6,12,14,16,22-23H,7-8H2,1-2H3,(H,20,24,31)/t4*12-,14+,16-,18-,30?/m1111/s1/i8D2,16D;16D;8D2;. The van der Waals surface area contributed by atoms with Crippen LogP contribution in [0.5, 0.6) is 23.0 Å². The molecule has 12 heterocycles. The second-order valence-corrected chi connectivity index (χ2v) is 36.5. The summed E-state index contributed by atoms with van der Waals surface area (Å²) < 4.78 is 247. The fourth-order valence-electron chi connectivity index (χ4n) is 12.7. The van der Waals surface area contributed by atoms with Crippen LogP contribution in [0, 0.1) is 74.0 Å². The number of alkyl halides is 4. The first kappa shape index (κ1) is 85.7. The molecule has 0 amide bonds. The van der Waals surface area contributed by atoms with Crippen LogP contribution in [0.3, 0.4) is 0 Å². The number of rotatable bonds is 16. The van der Waals surface area contributed by atoms with Crippen LogP contribution in [-0.2, 0) is 99.8 Å². The number of phosphoric acid groups is 4. The summed E-state index contributed by atoms with van der Waals surface area (Å²) in [4.78, 5) is 58.1. The Morgan fingerprint density at radius 3 is 0.952 bits per heavy atom. The molecule has 20 atom stereocenters. The average molecular weight is 1900 g/mol. The van der Waals surface area contributed by atoms with E-state index in [1.807, 2.05) is 0 Å². The van der Waals surface area contributed by atoms with Crippen molar-refractivity contribution in [1.29, 1.82) is 0 Å². The van der Waals surface area contributed by atoms with Gasteiger partial charge in [-0.25, -0.2) is 55.0 Å². The summed E-state index contributed by atoms with van der Waals surface area (Å²) in [5.74, 6) is -13.2. The van der Waals surface area contributed by atoms with Gasteiger partial charge in [0.05, 0.1) is 34.7 Å². The van der Waals surface area contributed by atoms with Gasteiger partial charge in [0.2, 0.25) is 0 Å². The first-order valence-corrected chi connectivity index (χ1v) is 43.9. The number of benzene rings is 4. The van der Waals surface area contributed by atoms with E-state index in [2.05, 4.69) is 19.9 Å². The van der Waals surface area contributed by atoms with E-state index < -0.39 is 177 Å². The summed E-state index contributed by atoms with van der Waals surface area (Å²) in [5, 5.41) is 82.7. The van der Waals surface area contributed by atoms with Crippen LogP contribution >= 0.6 is 80.2 Å². The van der Waals surface area contributed by atoms with Gasteiger partial charge in [-0.1, -0.05) is 122 Å². The predicted octanol–water partition coefficient (Wildman–Crippen LogP) is 8.69. The minimum atomic E-state index is -4.81. The van der Waals surface area contributed by atoms with E-state index in [0.717, 1.165) is 23.2 Å². The molecule has 8 aliphatic heterocycles. The maximum Gasteiger partial charge on any atom is 0.530 e. The Labute approximate surface area is 726 Å². The lowest BCUT2D eigenvalue weighted by atomic mass is 10.1. The van der Waals surface area contributed by atoms with Gasteiger partial charge in [-0.05, 0) is 77.6 Å². The van der Waals surface area contributed by atoms with Gasteiger partial charge in [-0.2, -0.15) is 0 Å². The van der Waals surface area contributed by atoms with Gasteiger partial charge in [0.15, 0.2) is 24.9 Å². The molecule has 0 saturated carbocycles. The molecule has 16 rings (SSSR count). The Morgan fingerprint density at radius 2 is 0.629 bits per heavy atom. The number of H-pyrrole nitrogens is 4. The van der Waals surface area contributed by atoms with E-state index in [9.17, 15) is 78.3 Å². The molecule has 672 valence electrons. The van der Waals surface area contributed by atoms with Crippen LogP contribution in [-0.4, -0.2) is 178 Å². The van der Waals surface area contributed by atoms with Crippen LogP contribution in [0.25, 0.3) is 0 Å². The van der Waals surface area contributed by atoms with Crippen molar-refractivity contribution in [3.8, 4) is 23.0 Å². The normalized spacial score (nSPS) is 34.6.